The third-order valence-electron chi connectivity index (χ3n) is 6.65. The quantitative estimate of drug-likeness (QED) is 0.433. The summed E-state index contributed by atoms with van der Waals surface area (Å²) in [5.74, 6) is 1.18. The number of pyridine rings is 1. The van der Waals surface area contributed by atoms with Gasteiger partial charge in [0.05, 0.1) is 19.2 Å². The van der Waals surface area contributed by atoms with Gasteiger partial charge >= 0.3 is 0 Å². The van der Waals surface area contributed by atoms with E-state index in [2.05, 4.69) is 22.4 Å². The van der Waals surface area contributed by atoms with Crippen molar-refractivity contribution >= 4 is 5.91 Å². The molecule has 35 heavy (non-hydrogen) atoms. The number of ether oxygens (including phenoxy) is 2. The highest BCUT2D eigenvalue weighted by Gasteiger charge is 2.55. The van der Waals surface area contributed by atoms with Crippen molar-refractivity contribution < 1.29 is 19.4 Å². The molecular formula is C27H28N4O4. The maximum atomic E-state index is 13.7. The molecule has 3 aromatic rings. The molecule has 2 aliphatic heterocycles. The maximum absolute atomic E-state index is 13.7. The number of phenols is 1. The molecule has 3 N–H and O–H groups in total. The molecule has 0 bridgehead atoms. The summed E-state index contributed by atoms with van der Waals surface area (Å²) in [4.78, 5) is 19.8. The van der Waals surface area contributed by atoms with Crippen LogP contribution in [0, 0.1) is 5.92 Å². The second-order valence-corrected chi connectivity index (χ2v) is 8.66. The Morgan fingerprint density at radius 3 is 2.69 bits per heavy atom. The number of aromatic nitrogens is 1. The molecule has 2 aliphatic rings. The summed E-state index contributed by atoms with van der Waals surface area (Å²) in [6, 6.07) is 15.8. The molecule has 180 valence electrons. The van der Waals surface area contributed by atoms with Crippen molar-refractivity contribution in [2.75, 3.05) is 13.7 Å². The Balaban J connectivity index is 1.58. The van der Waals surface area contributed by atoms with Gasteiger partial charge in [-0.1, -0.05) is 43.0 Å². The highest BCUT2D eigenvalue weighted by atomic mass is 16.5. The van der Waals surface area contributed by atoms with Crippen LogP contribution in [0.3, 0.4) is 0 Å². The fourth-order valence-electron chi connectivity index (χ4n) is 5.12. The number of nitrogens with zero attached hydrogens (tertiary/aromatic N) is 2. The van der Waals surface area contributed by atoms with E-state index in [0.717, 1.165) is 16.7 Å². The number of hydrogen-bond donors (Lipinski definition) is 3. The first kappa shape index (κ1) is 22.9. The van der Waals surface area contributed by atoms with Crippen molar-refractivity contribution in [2.45, 2.75) is 24.7 Å². The number of carbonyl (C=O) groups is 1. The van der Waals surface area contributed by atoms with Gasteiger partial charge < -0.3 is 19.5 Å². The Kier molecular flexibility index (Phi) is 6.39. The molecule has 2 aromatic carbocycles. The zero-order valence-electron chi connectivity index (χ0n) is 19.4. The number of benzene rings is 2. The fraction of sp³-hybridized carbons (Fsp3) is 0.259. The summed E-state index contributed by atoms with van der Waals surface area (Å²) >= 11 is 0. The molecule has 0 spiro atoms. The van der Waals surface area contributed by atoms with Crippen molar-refractivity contribution in [3.05, 3.63) is 96.3 Å². The van der Waals surface area contributed by atoms with Gasteiger partial charge in [0.1, 0.15) is 18.4 Å². The van der Waals surface area contributed by atoms with Crippen LogP contribution in [-0.2, 0) is 11.3 Å². The number of rotatable bonds is 8. The number of phenolic OH excluding ortho intramolecular Hbond substituents is 1. The molecule has 8 nitrogen and oxygen atoms in total. The number of likely N-dealkylation sites (tertiary alicyclic amines) is 1. The lowest BCUT2D eigenvalue weighted by atomic mass is 9.83. The van der Waals surface area contributed by atoms with Crippen LogP contribution in [0.4, 0.5) is 0 Å². The predicted molar refractivity (Wildman–Crippen MR) is 131 cm³/mol. The molecule has 3 heterocycles. The van der Waals surface area contributed by atoms with Crippen molar-refractivity contribution in [3.63, 3.8) is 0 Å². The highest BCUT2D eigenvalue weighted by Crippen LogP contribution is 2.50. The minimum absolute atomic E-state index is 0.0137. The lowest BCUT2D eigenvalue weighted by molar-refractivity contribution is -0.131. The number of para-hydroxylation sites is 1. The molecule has 0 radical (unpaired) electrons. The van der Waals surface area contributed by atoms with Gasteiger partial charge in [0.25, 0.3) is 0 Å². The summed E-state index contributed by atoms with van der Waals surface area (Å²) in [7, 11) is 1.60. The molecule has 1 amide bonds. The standard InChI is InChI=1S/C27H28N4O4/c1-3-13-35-21-11-10-18(14-22(21)34-2)26-23-24(19-8-4-5-9-20(19)32)29-30-25(23)27(33)31(26)16-17-7-6-12-28-15-17/h3-12,14-15,23-26,29-30,32H,1,13,16H2,2H3. The average Bonchev–Trinajstić information content (AvgIpc) is 3.42. The Morgan fingerprint density at radius 2 is 1.94 bits per heavy atom. The van der Waals surface area contributed by atoms with Gasteiger partial charge in [-0.05, 0) is 35.4 Å². The normalized spacial score (nSPS) is 23.2. The summed E-state index contributed by atoms with van der Waals surface area (Å²) in [6.07, 6.45) is 5.17. The highest BCUT2D eigenvalue weighted by molar-refractivity contribution is 5.86. The number of amides is 1. The number of carbonyl (C=O) groups excluding carboxylic acids is 1. The lowest BCUT2D eigenvalue weighted by Crippen LogP contribution is -2.41. The predicted octanol–water partition coefficient (Wildman–Crippen LogP) is 3.28. The van der Waals surface area contributed by atoms with E-state index in [9.17, 15) is 9.90 Å². The van der Waals surface area contributed by atoms with Gasteiger partial charge in [0.15, 0.2) is 11.5 Å². The van der Waals surface area contributed by atoms with Gasteiger partial charge in [0.2, 0.25) is 5.91 Å². The second kappa shape index (κ2) is 9.77. The first-order valence-electron chi connectivity index (χ1n) is 11.5. The summed E-state index contributed by atoms with van der Waals surface area (Å²) < 4.78 is 11.4. The smallest absolute Gasteiger partial charge is 0.242 e. The van der Waals surface area contributed by atoms with Crippen LogP contribution in [0.5, 0.6) is 17.2 Å². The van der Waals surface area contributed by atoms with E-state index in [1.165, 1.54) is 0 Å². The molecule has 4 unspecified atom stereocenters. The third-order valence-corrected chi connectivity index (χ3v) is 6.65. The zero-order chi connectivity index (χ0) is 24.4. The molecule has 0 saturated carbocycles. The van der Waals surface area contributed by atoms with Crippen LogP contribution >= 0.6 is 0 Å². The van der Waals surface area contributed by atoms with Gasteiger partial charge in [0, 0.05) is 30.4 Å². The van der Waals surface area contributed by atoms with Gasteiger partial charge in [-0.15, -0.1) is 0 Å². The fourth-order valence-corrected chi connectivity index (χ4v) is 5.12. The number of hydrogen-bond acceptors (Lipinski definition) is 7. The largest absolute Gasteiger partial charge is 0.508 e. The van der Waals surface area contributed by atoms with E-state index in [-0.39, 0.29) is 29.7 Å². The molecule has 1 aromatic heterocycles. The van der Waals surface area contributed by atoms with Crippen LogP contribution in [0.1, 0.15) is 28.8 Å². The van der Waals surface area contributed by atoms with Crippen molar-refractivity contribution in [2.24, 2.45) is 5.92 Å². The molecular weight excluding hydrogens is 444 g/mol. The Morgan fingerprint density at radius 1 is 1.11 bits per heavy atom. The average molecular weight is 473 g/mol. The van der Waals surface area contributed by atoms with Gasteiger partial charge in [-0.25, -0.2) is 10.9 Å². The first-order chi connectivity index (χ1) is 17.1. The van der Waals surface area contributed by atoms with Crippen LogP contribution < -0.4 is 20.3 Å². The van der Waals surface area contributed by atoms with Gasteiger partial charge in [-0.3, -0.25) is 9.78 Å². The first-order valence-corrected chi connectivity index (χ1v) is 11.5. The van der Waals surface area contributed by atoms with Crippen LogP contribution in [0.15, 0.2) is 79.6 Å². The van der Waals surface area contributed by atoms with E-state index in [1.807, 2.05) is 47.4 Å². The Bertz CT molecular complexity index is 1220. The minimum atomic E-state index is -0.455. The second-order valence-electron chi connectivity index (χ2n) is 8.66. The number of aromatic hydroxyl groups is 1. The molecule has 0 aliphatic carbocycles. The Hall–Kier alpha value is -3.88. The van der Waals surface area contributed by atoms with E-state index in [0.29, 0.717) is 24.7 Å². The molecule has 2 saturated heterocycles. The molecule has 2 fully saturated rings. The van der Waals surface area contributed by atoms with Crippen LogP contribution in [0.25, 0.3) is 0 Å². The van der Waals surface area contributed by atoms with Crippen LogP contribution in [0.2, 0.25) is 0 Å². The molecule has 8 heteroatoms. The Labute approximate surface area is 204 Å². The monoisotopic (exact) mass is 472 g/mol. The lowest BCUT2D eigenvalue weighted by Gasteiger charge is -2.32. The van der Waals surface area contributed by atoms with Gasteiger partial charge in [-0.2, -0.15) is 0 Å². The number of hydrazine groups is 1. The van der Waals surface area contributed by atoms with E-state index >= 15 is 0 Å². The number of fused-ring (bicyclic) bond motifs is 1. The number of methoxy groups -OCH3 is 1. The molecule has 4 atom stereocenters. The van der Waals surface area contributed by atoms with Crippen molar-refractivity contribution in [1.29, 1.82) is 0 Å². The SMILES string of the molecule is C=CCOc1ccc(C2C3C(NNC3c3ccccc3O)C(=O)N2Cc2cccnc2)cc1OC. The van der Waals surface area contributed by atoms with Crippen LogP contribution in [-0.4, -0.2) is 40.7 Å². The van der Waals surface area contributed by atoms with E-state index < -0.39 is 6.04 Å². The van der Waals surface area contributed by atoms with Crippen molar-refractivity contribution in [1.82, 2.24) is 20.7 Å². The summed E-state index contributed by atoms with van der Waals surface area (Å²) in [6.45, 7) is 4.47. The topological polar surface area (TPSA) is 96.0 Å². The maximum Gasteiger partial charge on any atom is 0.242 e. The van der Waals surface area contributed by atoms with E-state index in [4.69, 9.17) is 9.47 Å². The third kappa shape index (κ3) is 4.22. The van der Waals surface area contributed by atoms with E-state index in [1.54, 1.807) is 37.7 Å². The summed E-state index contributed by atoms with van der Waals surface area (Å²) in [5.41, 5.74) is 9.06. The van der Waals surface area contributed by atoms with Crippen molar-refractivity contribution in [3.8, 4) is 17.2 Å². The minimum Gasteiger partial charge on any atom is -0.508 e. The molecule has 5 rings (SSSR count). The zero-order valence-corrected chi connectivity index (χ0v) is 19.4. The summed E-state index contributed by atoms with van der Waals surface area (Å²) in [5, 5.41) is 10.6. The number of nitrogens with one attached hydrogen (secondary N) is 2.